The summed E-state index contributed by atoms with van der Waals surface area (Å²) in [5, 5.41) is 14.2. The second-order valence-corrected chi connectivity index (χ2v) is 4.13. The molecular weight excluding hydrogens is 248 g/mol. The zero-order valence-electron chi connectivity index (χ0n) is 8.12. The van der Waals surface area contributed by atoms with Crippen molar-refractivity contribution in [2.24, 2.45) is 0 Å². The van der Waals surface area contributed by atoms with Crippen LogP contribution in [0, 0.1) is 6.92 Å². The summed E-state index contributed by atoms with van der Waals surface area (Å²) in [5.41, 5.74) is 1.34. The molecule has 16 heavy (non-hydrogen) atoms. The molecule has 0 aliphatic carbocycles. The van der Waals surface area contributed by atoms with Crippen molar-refractivity contribution in [1.82, 2.24) is 29.2 Å². The first-order chi connectivity index (χ1) is 7.75. The molecule has 0 bridgehead atoms. The van der Waals surface area contributed by atoms with Crippen LogP contribution < -0.4 is 0 Å². The summed E-state index contributed by atoms with van der Waals surface area (Å²) < 4.78 is 5.59. The van der Waals surface area contributed by atoms with E-state index in [0.29, 0.717) is 22.3 Å². The van der Waals surface area contributed by atoms with E-state index >= 15 is 0 Å². The van der Waals surface area contributed by atoms with Gasteiger partial charge in [0.25, 0.3) is 0 Å². The molecule has 0 atom stereocenters. The van der Waals surface area contributed by atoms with Crippen molar-refractivity contribution in [3.63, 3.8) is 0 Å². The van der Waals surface area contributed by atoms with E-state index in [1.54, 1.807) is 10.5 Å². The Hall–Kier alpha value is -1.60. The van der Waals surface area contributed by atoms with Gasteiger partial charge in [0.15, 0.2) is 11.5 Å². The van der Waals surface area contributed by atoms with Crippen molar-refractivity contribution in [2.75, 3.05) is 0 Å². The van der Waals surface area contributed by atoms with E-state index in [0.717, 1.165) is 5.82 Å². The average molecular weight is 253 g/mol. The predicted octanol–water partition coefficient (Wildman–Crippen LogP) is 1.60. The summed E-state index contributed by atoms with van der Waals surface area (Å²) in [6.07, 6.45) is 0. The largest absolute Gasteiger partial charge is 0.261 e. The van der Waals surface area contributed by atoms with Gasteiger partial charge in [0, 0.05) is 11.4 Å². The van der Waals surface area contributed by atoms with Crippen LogP contribution in [0.3, 0.4) is 0 Å². The van der Waals surface area contributed by atoms with Gasteiger partial charge in [-0.3, -0.25) is 4.40 Å². The fourth-order valence-corrected chi connectivity index (χ4v) is 2.13. The lowest BCUT2D eigenvalue weighted by Gasteiger charge is -2.00. The number of aromatic nitrogens is 6. The van der Waals surface area contributed by atoms with Crippen LogP contribution >= 0.6 is 23.1 Å². The van der Waals surface area contributed by atoms with Crippen LogP contribution in [0.25, 0.3) is 17.2 Å². The molecule has 0 saturated carbocycles. The quantitative estimate of drug-likeness (QED) is 0.616. The Labute approximate surface area is 99.1 Å². The number of nitrogens with zero attached hydrogens (tertiary/aromatic N) is 6. The van der Waals surface area contributed by atoms with Crippen molar-refractivity contribution in [3.8, 4) is 11.5 Å². The Morgan fingerprint density at radius 3 is 2.94 bits per heavy atom. The summed E-state index contributed by atoms with van der Waals surface area (Å²) in [4.78, 5) is 4.15. The van der Waals surface area contributed by atoms with Crippen molar-refractivity contribution in [3.05, 3.63) is 22.4 Å². The molecule has 0 unspecified atom stereocenters. The molecule has 80 valence electrons. The molecule has 8 heteroatoms. The Balaban J connectivity index is 2.36. The zero-order valence-corrected chi connectivity index (χ0v) is 9.70. The molecule has 0 saturated heterocycles. The van der Waals surface area contributed by atoms with E-state index < -0.39 is 0 Å². The number of hydrogen-bond donors (Lipinski definition) is 0. The van der Waals surface area contributed by atoms with Gasteiger partial charge >= 0.3 is 0 Å². The topological polar surface area (TPSA) is 68.9 Å². The molecule has 3 rings (SSSR count). The van der Waals surface area contributed by atoms with Crippen LogP contribution in [0.5, 0.6) is 0 Å². The van der Waals surface area contributed by atoms with Crippen molar-refractivity contribution in [1.29, 1.82) is 0 Å². The fourth-order valence-electron chi connectivity index (χ4n) is 1.48. The highest BCUT2D eigenvalue weighted by Crippen LogP contribution is 2.19. The minimum absolute atomic E-state index is 0.403. The van der Waals surface area contributed by atoms with Gasteiger partial charge in [0.05, 0.1) is 0 Å². The van der Waals surface area contributed by atoms with Gasteiger partial charge in [-0.1, -0.05) is 16.1 Å². The van der Waals surface area contributed by atoms with Crippen molar-refractivity contribution < 1.29 is 0 Å². The summed E-state index contributed by atoms with van der Waals surface area (Å²) in [6.45, 7) is 1.84. The maximum Gasteiger partial charge on any atom is 0.191 e. The van der Waals surface area contributed by atoms with E-state index in [1.807, 2.05) is 12.3 Å². The van der Waals surface area contributed by atoms with E-state index in [9.17, 15) is 0 Å². The van der Waals surface area contributed by atoms with Crippen LogP contribution in [-0.2, 0) is 0 Å². The first kappa shape index (κ1) is 9.61. The molecular formula is C8H5ClN6S. The van der Waals surface area contributed by atoms with Crippen molar-refractivity contribution >= 4 is 28.8 Å². The molecule has 0 radical (unpaired) electrons. The molecule has 0 aliphatic rings. The highest BCUT2D eigenvalue weighted by molar-refractivity contribution is 7.03. The lowest BCUT2D eigenvalue weighted by Crippen LogP contribution is -1.98. The van der Waals surface area contributed by atoms with Gasteiger partial charge in [-0.15, -0.1) is 15.3 Å². The molecule has 0 aromatic carbocycles. The molecule has 0 spiro atoms. The van der Waals surface area contributed by atoms with Gasteiger partial charge in [-0.2, -0.15) is 0 Å². The van der Waals surface area contributed by atoms with Gasteiger partial charge in [0.1, 0.15) is 16.7 Å². The Morgan fingerprint density at radius 2 is 2.19 bits per heavy atom. The van der Waals surface area contributed by atoms with E-state index in [4.69, 9.17) is 11.6 Å². The number of fused-ring (bicyclic) bond motifs is 1. The predicted molar refractivity (Wildman–Crippen MR) is 59.4 cm³/mol. The number of aryl methyl sites for hydroxylation is 1. The maximum absolute atomic E-state index is 5.84. The second kappa shape index (κ2) is 3.46. The Kier molecular flexibility index (Phi) is 2.08. The van der Waals surface area contributed by atoms with Crippen LogP contribution in [0.1, 0.15) is 5.82 Å². The molecule has 3 aromatic heterocycles. The summed E-state index contributed by atoms with van der Waals surface area (Å²) >= 11 is 7.11. The van der Waals surface area contributed by atoms with Gasteiger partial charge in [-0.05, 0) is 18.5 Å². The molecule has 3 heterocycles. The normalized spacial score (nSPS) is 11.1. The lowest BCUT2D eigenvalue weighted by atomic mass is 10.4. The number of halogens is 1. The molecule has 0 aliphatic heterocycles. The Bertz CT molecular complexity index is 646. The second-order valence-electron chi connectivity index (χ2n) is 3.13. The molecule has 0 N–H and O–H groups in total. The number of hydrogen-bond acceptors (Lipinski definition) is 6. The summed E-state index contributed by atoms with van der Waals surface area (Å²) in [7, 11) is 0. The van der Waals surface area contributed by atoms with Crippen molar-refractivity contribution in [2.45, 2.75) is 6.92 Å². The van der Waals surface area contributed by atoms with Crippen LogP contribution in [0.15, 0.2) is 11.4 Å². The summed E-state index contributed by atoms with van der Waals surface area (Å²) in [6, 6.07) is 1.66. The highest BCUT2D eigenvalue weighted by atomic mass is 35.5. The fraction of sp³-hybridized carbons (Fsp3) is 0.125. The first-order valence-corrected chi connectivity index (χ1v) is 5.63. The lowest BCUT2D eigenvalue weighted by molar-refractivity contribution is 0.977. The standard InChI is InChI=1S/C8H5ClN6S/c1-4-10-6(9)2-7-12-13-8(15(4)7)5-3-16-14-11-5/h2-3H,1H3. The monoisotopic (exact) mass is 252 g/mol. The average Bonchev–Trinajstić information content (AvgIpc) is 2.82. The molecule has 0 fully saturated rings. The summed E-state index contributed by atoms with van der Waals surface area (Å²) in [5.74, 6) is 1.35. The minimum Gasteiger partial charge on any atom is -0.261 e. The smallest absolute Gasteiger partial charge is 0.191 e. The van der Waals surface area contributed by atoms with Gasteiger partial charge < -0.3 is 0 Å². The van der Waals surface area contributed by atoms with Crippen LogP contribution in [-0.4, -0.2) is 29.2 Å². The van der Waals surface area contributed by atoms with Crippen LogP contribution in [0.2, 0.25) is 5.15 Å². The Morgan fingerprint density at radius 1 is 1.31 bits per heavy atom. The third-order valence-electron chi connectivity index (χ3n) is 2.12. The molecule has 3 aromatic rings. The minimum atomic E-state index is 0.403. The molecule has 0 amide bonds. The van der Waals surface area contributed by atoms with E-state index in [1.165, 1.54) is 11.5 Å². The van der Waals surface area contributed by atoms with E-state index in [2.05, 4.69) is 24.8 Å². The highest BCUT2D eigenvalue weighted by Gasteiger charge is 2.13. The van der Waals surface area contributed by atoms with E-state index in [-0.39, 0.29) is 0 Å². The molecule has 6 nitrogen and oxygen atoms in total. The maximum atomic E-state index is 5.84. The van der Waals surface area contributed by atoms with Crippen LogP contribution in [0.4, 0.5) is 0 Å². The van der Waals surface area contributed by atoms with Gasteiger partial charge in [0.2, 0.25) is 0 Å². The first-order valence-electron chi connectivity index (χ1n) is 4.41. The SMILES string of the molecule is Cc1nc(Cl)cc2nnc(-c3csnn3)n12. The third-order valence-corrected chi connectivity index (χ3v) is 2.82. The third kappa shape index (κ3) is 1.36. The zero-order chi connectivity index (χ0) is 11.1. The number of rotatable bonds is 1. The van der Waals surface area contributed by atoms with Gasteiger partial charge in [-0.25, -0.2) is 4.98 Å².